The number of nitrogen functional groups attached to an aromatic ring is 1. The number of nitro groups is 1. The minimum Gasteiger partial charge on any atom is -0.461 e. The molecule has 0 aliphatic carbocycles. The molecule has 10 heteroatoms. The van der Waals surface area contributed by atoms with Crippen LogP contribution in [0.1, 0.15) is 5.56 Å². The summed E-state index contributed by atoms with van der Waals surface area (Å²) in [5.74, 6) is 6.69. The number of aryl methyl sites for hydroxylation is 1. The molecule has 3 rings (SSSR count). The molecule has 0 aromatic carbocycles. The van der Waals surface area contributed by atoms with Crippen LogP contribution in [0.2, 0.25) is 0 Å². The molecule has 0 fully saturated rings. The van der Waals surface area contributed by atoms with E-state index in [1.807, 2.05) is 0 Å². The van der Waals surface area contributed by atoms with Gasteiger partial charge in [0.25, 0.3) is 0 Å². The number of pyridine rings is 1. The summed E-state index contributed by atoms with van der Waals surface area (Å²) in [7, 11) is 0. The van der Waals surface area contributed by atoms with Crippen LogP contribution in [0.25, 0.3) is 11.6 Å². The topological polar surface area (TPSA) is 126 Å². The van der Waals surface area contributed by atoms with Crippen molar-refractivity contribution in [2.75, 3.05) is 5.84 Å². The summed E-state index contributed by atoms with van der Waals surface area (Å²) in [5, 5.41) is 19.4. The van der Waals surface area contributed by atoms with Crippen LogP contribution in [0.3, 0.4) is 0 Å². The third-order valence-electron chi connectivity index (χ3n) is 2.76. The predicted molar refractivity (Wildman–Crippen MR) is 77.6 cm³/mol. The highest BCUT2D eigenvalue weighted by Gasteiger charge is 2.21. The van der Waals surface area contributed by atoms with Gasteiger partial charge in [0.15, 0.2) is 10.8 Å². The molecule has 0 bridgehead atoms. The molecule has 0 saturated heterocycles. The van der Waals surface area contributed by atoms with Crippen molar-refractivity contribution in [3.8, 4) is 11.6 Å². The summed E-state index contributed by atoms with van der Waals surface area (Å²) >= 11 is 0.966. The second-order valence-electron chi connectivity index (χ2n) is 4.35. The van der Waals surface area contributed by atoms with Crippen LogP contribution in [0.5, 0.6) is 0 Å². The maximum atomic E-state index is 11.1. The van der Waals surface area contributed by atoms with Gasteiger partial charge in [-0.25, -0.2) is 9.66 Å². The SMILES string of the molecule is Cc1cnc(Sc2nnc(-c3ccco3)n2N)c([N+](=O)[O-])c1. The molecule has 0 unspecified atom stereocenters. The van der Waals surface area contributed by atoms with Crippen molar-refractivity contribution in [1.82, 2.24) is 19.9 Å². The lowest BCUT2D eigenvalue weighted by molar-refractivity contribution is -0.388. The minimum atomic E-state index is -0.493. The molecule has 0 spiro atoms. The van der Waals surface area contributed by atoms with E-state index in [0.29, 0.717) is 17.1 Å². The van der Waals surface area contributed by atoms with Crippen LogP contribution >= 0.6 is 11.8 Å². The Balaban J connectivity index is 1.96. The Hall–Kier alpha value is -2.88. The molecule has 3 heterocycles. The van der Waals surface area contributed by atoms with E-state index < -0.39 is 4.92 Å². The van der Waals surface area contributed by atoms with E-state index in [9.17, 15) is 10.1 Å². The Bertz CT molecular complexity index is 830. The first-order chi connectivity index (χ1) is 10.6. The average molecular weight is 318 g/mol. The van der Waals surface area contributed by atoms with Crippen molar-refractivity contribution < 1.29 is 9.34 Å². The molecule has 2 N–H and O–H groups in total. The lowest BCUT2D eigenvalue weighted by atomic mass is 10.3. The van der Waals surface area contributed by atoms with Crippen LogP contribution in [-0.2, 0) is 0 Å². The number of nitrogens with two attached hydrogens (primary N) is 1. The quantitative estimate of drug-likeness (QED) is 0.440. The summed E-state index contributed by atoms with van der Waals surface area (Å²) in [4.78, 5) is 14.7. The Kier molecular flexibility index (Phi) is 3.51. The largest absolute Gasteiger partial charge is 0.461 e. The minimum absolute atomic E-state index is 0.104. The second kappa shape index (κ2) is 5.48. The van der Waals surface area contributed by atoms with Gasteiger partial charge >= 0.3 is 5.69 Å². The number of aromatic nitrogens is 4. The van der Waals surface area contributed by atoms with Gasteiger partial charge in [0, 0.05) is 12.3 Å². The van der Waals surface area contributed by atoms with Crippen LogP contribution in [0.4, 0.5) is 5.69 Å². The molecule has 0 saturated carbocycles. The molecular weight excluding hydrogens is 308 g/mol. The first-order valence-corrected chi connectivity index (χ1v) is 6.91. The zero-order valence-corrected chi connectivity index (χ0v) is 12.1. The third kappa shape index (κ3) is 2.51. The van der Waals surface area contributed by atoms with Gasteiger partial charge in [-0.2, -0.15) is 0 Å². The Labute approximate surface area is 128 Å². The standard InChI is InChI=1S/C12H10N6O3S/c1-7-5-8(18(19)20)11(14-6-7)22-12-16-15-10(17(12)13)9-3-2-4-21-9/h2-6H,13H2,1H3. The molecule has 3 aromatic heterocycles. The molecule has 9 nitrogen and oxygen atoms in total. The highest BCUT2D eigenvalue weighted by atomic mass is 32.2. The van der Waals surface area contributed by atoms with E-state index >= 15 is 0 Å². The van der Waals surface area contributed by atoms with Gasteiger partial charge in [-0.15, -0.1) is 10.2 Å². The van der Waals surface area contributed by atoms with Gasteiger partial charge in [0.1, 0.15) is 0 Å². The third-order valence-corrected chi connectivity index (χ3v) is 3.73. The normalized spacial score (nSPS) is 10.8. The summed E-state index contributed by atoms with van der Waals surface area (Å²) < 4.78 is 6.41. The summed E-state index contributed by atoms with van der Waals surface area (Å²) in [5.41, 5.74) is 0.592. The van der Waals surface area contributed by atoms with Gasteiger partial charge in [-0.1, -0.05) is 0 Å². The van der Waals surface area contributed by atoms with E-state index in [2.05, 4.69) is 15.2 Å². The Morgan fingerprint density at radius 1 is 1.45 bits per heavy atom. The molecular formula is C12H10N6O3S. The predicted octanol–water partition coefficient (Wildman–Crippen LogP) is 2.01. The number of rotatable bonds is 4. The van der Waals surface area contributed by atoms with Gasteiger partial charge in [-0.05, 0) is 36.4 Å². The van der Waals surface area contributed by atoms with E-state index in [1.54, 1.807) is 25.3 Å². The summed E-state index contributed by atoms with van der Waals surface area (Å²) in [6, 6.07) is 4.83. The fourth-order valence-electron chi connectivity index (χ4n) is 1.76. The summed E-state index contributed by atoms with van der Waals surface area (Å²) in [6.45, 7) is 1.73. The van der Waals surface area contributed by atoms with E-state index in [1.165, 1.54) is 17.0 Å². The zero-order chi connectivity index (χ0) is 15.7. The molecule has 0 amide bonds. The first-order valence-electron chi connectivity index (χ1n) is 6.09. The van der Waals surface area contributed by atoms with Crippen molar-refractivity contribution in [3.63, 3.8) is 0 Å². The molecule has 0 aliphatic rings. The number of hydrogen-bond acceptors (Lipinski definition) is 8. The van der Waals surface area contributed by atoms with Gasteiger partial charge in [0.05, 0.1) is 11.2 Å². The monoisotopic (exact) mass is 318 g/mol. The molecule has 22 heavy (non-hydrogen) atoms. The molecule has 3 aromatic rings. The molecule has 0 aliphatic heterocycles. The molecule has 0 atom stereocenters. The lowest BCUT2D eigenvalue weighted by Crippen LogP contribution is -2.11. The maximum Gasteiger partial charge on any atom is 0.302 e. The lowest BCUT2D eigenvalue weighted by Gasteiger charge is -2.03. The smallest absolute Gasteiger partial charge is 0.302 e. The zero-order valence-electron chi connectivity index (χ0n) is 11.3. The van der Waals surface area contributed by atoms with Crippen LogP contribution < -0.4 is 5.84 Å². The van der Waals surface area contributed by atoms with Crippen molar-refractivity contribution in [1.29, 1.82) is 0 Å². The maximum absolute atomic E-state index is 11.1. The Morgan fingerprint density at radius 2 is 2.27 bits per heavy atom. The molecule has 0 radical (unpaired) electrons. The second-order valence-corrected chi connectivity index (χ2v) is 5.31. The highest BCUT2D eigenvalue weighted by Crippen LogP contribution is 2.33. The summed E-state index contributed by atoms with van der Waals surface area (Å²) in [6.07, 6.45) is 3.03. The first kappa shape index (κ1) is 14.1. The van der Waals surface area contributed by atoms with E-state index in [4.69, 9.17) is 10.3 Å². The Morgan fingerprint density at radius 3 is 2.95 bits per heavy atom. The number of nitrogens with zero attached hydrogens (tertiary/aromatic N) is 5. The van der Waals surface area contributed by atoms with E-state index in [-0.39, 0.29) is 15.9 Å². The van der Waals surface area contributed by atoms with E-state index in [0.717, 1.165) is 11.8 Å². The van der Waals surface area contributed by atoms with Gasteiger partial charge in [-0.3, -0.25) is 10.1 Å². The van der Waals surface area contributed by atoms with Crippen molar-refractivity contribution in [3.05, 3.63) is 46.3 Å². The van der Waals surface area contributed by atoms with Crippen LogP contribution in [-0.4, -0.2) is 24.8 Å². The fraction of sp³-hybridized carbons (Fsp3) is 0.0833. The average Bonchev–Trinajstić information content (AvgIpc) is 3.11. The van der Waals surface area contributed by atoms with Crippen molar-refractivity contribution in [2.45, 2.75) is 17.1 Å². The highest BCUT2D eigenvalue weighted by molar-refractivity contribution is 7.99. The van der Waals surface area contributed by atoms with Crippen LogP contribution in [0, 0.1) is 17.0 Å². The van der Waals surface area contributed by atoms with Gasteiger partial charge in [0.2, 0.25) is 11.0 Å². The number of furan rings is 1. The van der Waals surface area contributed by atoms with Crippen molar-refractivity contribution >= 4 is 17.4 Å². The van der Waals surface area contributed by atoms with Gasteiger partial charge < -0.3 is 10.3 Å². The van der Waals surface area contributed by atoms with Crippen molar-refractivity contribution in [2.24, 2.45) is 0 Å². The van der Waals surface area contributed by atoms with Crippen LogP contribution in [0.15, 0.2) is 45.3 Å². The fourth-order valence-corrected chi connectivity index (χ4v) is 2.54. The number of hydrogen-bond donors (Lipinski definition) is 1. The molecule has 112 valence electrons.